The Kier molecular flexibility index (Phi) is 3.41. The van der Waals surface area contributed by atoms with Crippen LogP contribution in [0.5, 0.6) is 0 Å². The van der Waals surface area contributed by atoms with Crippen molar-refractivity contribution in [3.05, 3.63) is 30.3 Å². The summed E-state index contributed by atoms with van der Waals surface area (Å²) in [6.07, 6.45) is 0. The van der Waals surface area contributed by atoms with E-state index in [2.05, 4.69) is 11.4 Å². The molecule has 85 valence electrons. The van der Waals surface area contributed by atoms with Gasteiger partial charge in [-0.15, -0.1) is 0 Å². The third kappa shape index (κ3) is 2.33. The molecule has 1 radical (unpaired) electrons. The Balaban J connectivity index is 2.04. The van der Waals surface area contributed by atoms with E-state index in [1.165, 1.54) is 0 Å². The van der Waals surface area contributed by atoms with E-state index >= 15 is 0 Å². The normalized spacial score (nSPS) is 15.9. The zero-order valence-corrected chi connectivity index (χ0v) is 9.44. The van der Waals surface area contributed by atoms with Gasteiger partial charge in [-0.25, -0.2) is 4.79 Å². The number of rotatable bonds is 1. The predicted octanol–water partition coefficient (Wildman–Crippen LogP) is 0.948. The number of benzene rings is 1. The number of piperazine rings is 1. The minimum atomic E-state index is 0.0627. The summed E-state index contributed by atoms with van der Waals surface area (Å²) < 4.78 is 0. The number of nitrogens with zero attached hydrogens (tertiary/aromatic N) is 2. The highest BCUT2D eigenvalue weighted by Gasteiger charge is 2.20. The molecule has 1 fully saturated rings. The van der Waals surface area contributed by atoms with E-state index in [1.54, 1.807) is 11.9 Å². The van der Waals surface area contributed by atoms with Crippen molar-refractivity contribution in [1.82, 2.24) is 10.2 Å². The van der Waals surface area contributed by atoms with Gasteiger partial charge in [-0.2, -0.15) is 0 Å². The molecule has 1 N–H and O–H groups in total. The highest BCUT2D eigenvalue weighted by molar-refractivity contribution is 5.91. The molecule has 0 unspecified atom stereocenters. The number of nitrogens with one attached hydrogen (secondary N) is 1. The van der Waals surface area contributed by atoms with E-state index in [1.807, 2.05) is 29.2 Å². The second-order valence-electron chi connectivity index (χ2n) is 3.84. The van der Waals surface area contributed by atoms with Crippen LogP contribution in [0.1, 0.15) is 0 Å². The number of hydrogen-bond donors (Lipinski definition) is 1. The van der Waals surface area contributed by atoms with E-state index < -0.39 is 0 Å². The summed E-state index contributed by atoms with van der Waals surface area (Å²) in [5.74, 6) is 0. The van der Waals surface area contributed by atoms with Gasteiger partial charge in [-0.05, 0) is 18.2 Å². The monoisotopic (exact) mass is 218 g/mol. The van der Waals surface area contributed by atoms with Crippen molar-refractivity contribution in [1.29, 1.82) is 0 Å². The summed E-state index contributed by atoms with van der Waals surface area (Å²) in [7, 11) is 1.81. The van der Waals surface area contributed by atoms with Gasteiger partial charge in [0.25, 0.3) is 0 Å². The molecule has 2 rings (SSSR count). The van der Waals surface area contributed by atoms with Crippen molar-refractivity contribution in [3.8, 4) is 0 Å². The van der Waals surface area contributed by atoms with E-state index in [9.17, 15) is 4.79 Å². The SMILES string of the molecule is CN(C(=O)N1CCNCC1)c1cc[c]cc1. The van der Waals surface area contributed by atoms with Gasteiger partial charge in [0.15, 0.2) is 0 Å². The van der Waals surface area contributed by atoms with Gasteiger partial charge in [-0.3, -0.25) is 4.90 Å². The number of amides is 2. The van der Waals surface area contributed by atoms with Gasteiger partial charge >= 0.3 is 6.03 Å². The lowest BCUT2D eigenvalue weighted by Gasteiger charge is -2.31. The Hall–Kier alpha value is -1.55. The summed E-state index contributed by atoms with van der Waals surface area (Å²) in [4.78, 5) is 15.7. The van der Waals surface area contributed by atoms with E-state index in [0.29, 0.717) is 0 Å². The van der Waals surface area contributed by atoms with E-state index in [0.717, 1.165) is 31.9 Å². The Morgan fingerprint density at radius 2 is 2.00 bits per heavy atom. The fourth-order valence-corrected chi connectivity index (χ4v) is 1.78. The maximum absolute atomic E-state index is 12.1. The fraction of sp³-hybridized carbons (Fsp3) is 0.417. The Bertz CT molecular complexity index is 347. The van der Waals surface area contributed by atoms with Gasteiger partial charge < -0.3 is 10.2 Å². The van der Waals surface area contributed by atoms with Crippen LogP contribution in [0.4, 0.5) is 10.5 Å². The molecule has 0 spiro atoms. The second-order valence-corrected chi connectivity index (χ2v) is 3.84. The number of carbonyl (C=O) groups excluding carboxylic acids is 1. The molecule has 1 aromatic carbocycles. The lowest BCUT2D eigenvalue weighted by molar-refractivity contribution is 0.198. The molecule has 1 aliphatic rings. The lowest BCUT2D eigenvalue weighted by Crippen LogP contribution is -2.50. The van der Waals surface area contributed by atoms with E-state index in [4.69, 9.17) is 0 Å². The Labute approximate surface area is 95.8 Å². The van der Waals surface area contributed by atoms with Crippen molar-refractivity contribution in [3.63, 3.8) is 0 Å². The quantitative estimate of drug-likeness (QED) is 0.761. The topological polar surface area (TPSA) is 35.6 Å². The number of urea groups is 1. The van der Waals surface area contributed by atoms with Crippen LogP contribution in [0.25, 0.3) is 0 Å². The first-order valence-corrected chi connectivity index (χ1v) is 5.48. The Morgan fingerprint density at radius 3 is 2.62 bits per heavy atom. The number of carbonyl (C=O) groups is 1. The van der Waals surface area contributed by atoms with Crippen LogP contribution < -0.4 is 10.2 Å². The lowest BCUT2D eigenvalue weighted by atomic mass is 10.3. The molecule has 16 heavy (non-hydrogen) atoms. The third-order valence-electron chi connectivity index (χ3n) is 2.76. The number of hydrogen-bond acceptors (Lipinski definition) is 2. The zero-order valence-electron chi connectivity index (χ0n) is 9.44. The molecule has 0 atom stereocenters. The second kappa shape index (κ2) is 4.99. The minimum Gasteiger partial charge on any atom is -0.322 e. The molecule has 0 aliphatic carbocycles. The molecular formula is C12H16N3O. The molecule has 4 nitrogen and oxygen atoms in total. The third-order valence-corrected chi connectivity index (χ3v) is 2.76. The smallest absolute Gasteiger partial charge is 0.322 e. The highest BCUT2D eigenvalue weighted by Crippen LogP contribution is 2.13. The molecule has 1 saturated heterocycles. The van der Waals surface area contributed by atoms with Crippen molar-refractivity contribution in [2.45, 2.75) is 0 Å². The molecule has 0 saturated carbocycles. The van der Waals surface area contributed by atoms with Gasteiger partial charge in [0, 0.05) is 38.9 Å². The first-order chi connectivity index (χ1) is 7.79. The largest absolute Gasteiger partial charge is 0.324 e. The zero-order chi connectivity index (χ0) is 11.4. The van der Waals surface area contributed by atoms with Crippen LogP contribution in [-0.4, -0.2) is 44.2 Å². The molecule has 4 heteroatoms. The summed E-state index contributed by atoms with van der Waals surface area (Å²) in [6.45, 7) is 3.31. The molecular weight excluding hydrogens is 202 g/mol. The predicted molar refractivity (Wildman–Crippen MR) is 63.5 cm³/mol. The van der Waals surface area contributed by atoms with Crippen LogP contribution in [0, 0.1) is 6.07 Å². The molecule has 1 aromatic rings. The van der Waals surface area contributed by atoms with Gasteiger partial charge in [0.05, 0.1) is 0 Å². The van der Waals surface area contributed by atoms with Crippen molar-refractivity contribution >= 4 is 11.7 Å². The first-order valence-electron chi connectivity index (χ1n) is 5.48. The van der Waals surface area contributed by atoms with Crippen LogP contribution >= 0.6 is 0 Å². The average Bonchev–Trinajstić information content (AvgIpc) is 2.39. The van der Waals surface area contributed by atoms with Gasteiger partial charge in [0.2, 0.25) is 0 Å². The van der Waals surface area contributed by atoms with Crippen LogP contribution in [-0.2, 0) is 0 Å². The van der Waals surface area contributed by atoms with Crippen LogP contribution in [0.3, 0.4) is 0 Å². The minimum absolute atomic E-state index is 0.0627. The highest BCUT2D eigenvalue weighted by atomic mass is 16.2. The molecule has 1 aliphatic heterocycles. The fourth-order valence-electron chi connectivity index (χ4n) is 1.78. The van der Waals surface area contributed by atoms with Crippen molar-refractivity contribution in [2.75, 3.05) is 38.1 Å². The van der Waals surface area contributed by atoms with Crippen molar-refractivity contribution < 1.29 is 4.79 Å². The maximum Gasteiger partial charge on any atom is 0.324 e. The molecule has 0 aromatic heterocycles. The first kappa shape index (κ1) is 11.0. The maximum atomic E-state index is 12.1. The molecule has 1 heterocycles. The standard InChI is InChI=1S/C12H16N3O/c1-14(11-5-3-2-4-6-11)12(16)15-9-7-13-8-10-15/h3-6,13H,7-10H2,1H3. The van der Waals surface area contributed by atoms with Crippen molar-refractivity contribution in [2.24, 2.45) is 0 Å². The van der Waals surface area contributed by atoms with Crippen LogP contribution in [0.15, 0.2) is 24.3 Å². The summed E-state index contributed by atoms with van der Waals surface area (Å²) in [5.41, 5.74) is 0.905. The van der Waals surface area contributed by atoms with E-state index in [-0.39, 0.29) is 6.03 Å². The average molecular weight is 218 g/mol. The number of anilines is 1. The molecule has 2 amide bonds. The summed E-state index contributed by atoms with van der Waals surface area (Å²) in [6, 6.07) is 10.4. The van der Waals surface area contributed by atoms with Crippen LogP contribution in [0.2, 0.25) is 0 Å². The summed E-state index contributed by atoms with van der Waals surface area (Å²) in [5, 5.41) is 3.23. The Morgan fingerprint density at radius 1 is 1.38 bits per heavy atom. The van der Waals surface area contributed by atoms with Gasteiger partial charge in [-0.1, -0.05) is 12.1 Å². The molecule has 0 bridgehead atoms. The van der Waals surface area contributed by atoms with Gasteiger partial charge in [0.1, 0.15) is 0 Å². The summed E-state index contributed by atoms with van der Waals surface area (Å²) >= 11 is 0.